The molecule has 0 unspecified atom stereocenters. The molecule has 2 amide bonds. The third-order valence-electron chi connectivity index (χ3n) is 6.79. The van der Waals surface area contributed by atoms with Crippen LogP contribution in [0.2, 0.25) is 0 Å². The van der Waals surface area contributed by atoms with Gasteiger partial charge in [0.15, 0.2) is 0 Å². The molecular weight excluding hydrogens is 398 g/mol. The fourth-order valence-electron chi connectivity index (χ4n) is 5.12. The molecule has 31 heavy (non-hydrogen) atoms. The number of likely N-dealkylation sites (tertiary alicyclic amines) is 1. The molecule has 4 atom stereocenters. The zero-order chi connectivity index (χ0) is 23.0. The van der Waals surface area contributed by atoms with Crippen LogP contribution < -0.4 is 5.32 Å². The lowest BCUT2D eigenvalue weighted by molar-refractivity contribution is -0.120. The van der Waals surface area contributed by atoms with Gasteiger partial charge in [0, 0.05) is 23.6 Å². The number of aryl methyl sites for hydroxylation is 2. The minimum absolute atomic E-state index is 0.107. The fraction of sp³-hybridized carbons (Fsp3) is 0.783. The van der Waals surface area contributed by atoms with E-state index in [2.05, 4.69) is 17.4 Å². The van der Waals surface area contributed by atoms with Gasteiger partial charge >= 0.3 is 6.09 Å². The van der Waals surface area contributed by atoms with Crippen molar-refractivity contribution >= 4 is 12.0 Å². The maximum atomic E-state index is 13.2. The van der Waals surface area contributed by atoms with Crippen molar-refractivity contribution in [2.75, 3.05) is 6.54 Å². The van der Waals surface area contributed by atoms with Crippen molar-refractivity contribution in [3.05, 3.63) is 17.0 Å². The molecule has 1 aromatic rings. The van der Waals surface area contributed by atoms with Gasteiger partial charge in [0.1, 0.15) is 11.4 Å². The topological polar surface area (TPSA) is 105 Å². The first-order valence-electron chi connectivity index (χ1n) is 11.3. The Morgan fingerprint density at radius 2 is 1.97 bits per heavy atom. The number of aromatic nitrogens is 1. The smallest absolute Gasteiger partial charge is 0.410 e. The van der Waals surface area contributed by atoms with Gasteiger partial charge in [-0.05, 0) is 53.9 Å². The average molecular weight is 436 g/mol. The second-order valence-corrected chi connectivity index (χ2v) is 10.4. The van der Waals surface area contributed by atoms with Crippen LogP contribution in [0.4, 0.5) is 4.79 Å². The largest absolute Gasteiger partial charge is 0.444 e. The number of amides is 2. The van der Waals surface area contributed by atoms with E-state index in [1.165, 1.54) is 0 Å². The van der Waals surface area contributed by atoms with E-state index in [0.29, 0.717) is 24.4 Å². The highest BCUT2D eigenvalue weighted by molar-refractivity contribution is 5.79. The van der Waals surface area contributed by atoms with Crippen molar-refractivity contribution < 1.29 is 24.0 Å². The number of aliphatic hydroxyl groups excluding tert-OH is 1. The van der Waals surface area contributed by atoms with Crippen molar-refractivity contribution in [3.63, 3.8) is 0 Å². The average Bonchev–Trinajstić information content (AvgIpc) is 3.08. The number of nitrogens with one attached hydrogen (secondary N) is 1. The number of carbonyl (C=O) groups is 2. The first-order chi connectivity index (χ1) is 14.4. The molecule has 1 saturated heterocycles. The van der Waals surface area contributed by atoms with Gasteiger partial charge in [-0.2, -0.15) is 0 Å². The van der Waals surface area contributed by atoms with Crippen LogP contribution in [0, 0.1) is 19.3 Å². The molecule has 2 N–H and O–H groups in total. The highest BCUT2D eigenvalue weighted by Crippen LogP contribution is 2.48. The lowest BCUT2D eigenvalue weighted by Crippen LogP contribution is -2.50. The van der Waals surface area contributed by atoms with Crippen molar-refractivity contribution in [2.45, 2.75) is 104 Å². The normalized spacial score (nSPS) is 28.7. The summed E-state index contributed by atoms with van der Waals surface area (Å²) in [4.78, 5) is 27.6. The molecule has 0 bridgehead atoms. The van der Waals surface area contributed by atoms with E-state index in [1.807, 2.05) is 27.7 Å². The predicted molar refractivity (Wildman–Crippen MR) is 116 cm³/mol. The van der Waals surface area contributed by atoms with Crippen molar-refractivity contribution in [2.24, 2.45) is 5.41 Å². The second kappa shape index (κ2) is 8.81. The summed E-state index contributed by atoms with van der Waals surface area (Å²) in [6.07, 6.45) is 3.44. The highest BCUT2D eigenvalue weighted by Gasteiger charge is 2.55. The molecule has 0 spiro atoms. The summed E-state index contributed by atoms with van der Waals surface area (Å²) in [6, 6.07) is -0.337. The molecule has 1 saturated carbocycles. The Morgan fingerprint density at radius 3 is 2.58 bits per heavy atom. The SMILES string of the molecule is Cc1noc(C)c1CC(=O)NC[C@H]1C[C@@]2(C)[C@@H](O)CCCC[C@H]2N1C(=O)OC(C)(C)C. The van der Waals surface area contributed by atoms with Gasteiger partial charge in [0.25, 0.3) is 0 Å². The molecule has 174 valence electrons. The first-order valence-corrected chi connectivity index (χ1v) is 11.3. The summed E-state index contributed by atoms with van der Waals surface area (Å²) in [7, 11) is 0. The van der Waals surface area contributed by atoms with Crippen molar-refractivity contribution in [1.29, 1.82) is 0 Å². The molecule has 8 heteroatoms. The summed E-state index contributed by atoms with van der Waals surface area (Å²) >= 11 is 0. The van der Waals surface area contributed by atoms with Gasteiger partial charge in [-0.25, -0.2) is 4.79 Å². The van der Waals surface area contributed by atoms with Crippen LogP contribution in [0.1, 0.15) is 76.8 Å². The van der Waals surface area contributed by atoms with E-state index >= 15 is 0 Å². The minimum atomic E-state index is -0.615. The summed E-state index contributed by atoms with van der Waals surface area (Å²) in [5, 5.41) is 17.8. The Balaban J connectivity index is 1.76. The Kier molecular flexibility index (Phi) is 6.69. The molecule has 1 aliphatic heterocycles. The zero-order valence-corrected chi connectivity index (χ0v) is 19.7. The number of rotatable bonds is 4. The summed E-state index contributed by atoms with van der Waals surface area (Å²) in [5.41, 5.74) is 0.475. The number of hydrogen-bond donors (Lipinski definition) is 2. The lowest BCUT2D eigenvalue weighted by Gasteiger charge is -2.37. The van der Waals surface area contributed by atoms with Gasteiger partial charge in [-0.15, -0.1) is 0 Å². The summed E-state index contributed by atoms with van der Waals surface area (Å²) < 4.78 is 10.9. The van der Waals surface area contributed by atoms with Gasteiger partial charge in [-0.3, -0.25) is 9.69 Å². The molecule has 1 aliphatic carbocycles. The first kappa shape index (κ1) is 23.6. The number of fused-ring (bicyclic) bond motifs is 1. The van der Waals surface area contributed by atoms with Crippen LogP contribution in [0.5, 0.6) is 0 Å². The van der Waals surface area contributed by atoms with E-state index in [1.54, 1.807) is 11.8 Å². The summed E-state index contributed by atoms with van der Waals surface area (Å²) in [5.74, 6) is 0.498. The Morgan fingerprint density at radius 1 is 1.29 bits per heavy atom. The van der Waals surface area contributed by atoms with Crippen molar-refractivity contribution in [3.8, 4) is 0 Å². The maximum absolute atomic E-state index is 13.2. The van der Waals surface area contributed by atoms with E-state index < -0.39 is 17.1 Å². The molecular formula is C23H37N3O5. The number of ether oxygens (including phenoxy) is 1. The van der Waals surface area contributed by atoms with E-state index in [4.69, 9.17) is 9.26 Å². The van der Waals surface area contributed by atoms with Crippen LogP contribution in [0.15, 0.2) is 4.52 Å². The molecule has 8 nitrogen and oxygen atoms in total. The fourth-order valence-corrected chi connectivity index (χ4v) is 5.12. The third kappa shape index (κ3) is 5.05. The molecule has 0 radical (unpaired) electrons. The molecule has 0 aromatic carbocycles. The lowest BCUT2D eigenvalue weighted by atomic mass is 9.75. The van der Waals surface area contributed by atoms with Gasteiger partial charge in [0.05, 0.1) is 24.3 Å². The van der Waals surface area contributed by atoms with Crippen LogP contribution in [0.25, 0.3) is 0 Å². The standard InChI is InChI=1S/C23H37N3O5/c1-14-17(15(2)31-25-14)11-20(28)24-13-16-12-23(6)18(9-7-8-10-19(23)27)26(16)21(29)30-22(3,4)5/h16,18-19,27H,7-13H2,1-6H3,(H,24,28)/t16-,18-,19+,23-/m1/s1. The van der Waals surface area contributed by atoms with Crippen molar-refractivity contribution in [1.82, 2.24) is 15.4 Å². The van der Waals surface area contributed by atoms with Crippen LogP contribution >= 0.6 is 0 Å². The molecule has 3 rings (SSSR count). The Hall–Kier alpha value is -2.09. The molecule has 2 fully saturated rings. The summed E-state index contributed by atoms with van der Waals surface area (Å²) in [6.45, 7) is 11.5. The van der Waals surface area contributed by atoms with E-state index in [-0.39, 0.29) is 30.5 Å². The Labute approximate surface area is 184 Å². The second-order valence-electron chi connectivity index (χ2n) is 10.4. The van der Waals surface area contributed by atoms with E-state index in [9.17, 15) is 14.7 Å². The number of aliphatic hydroxyl groups is 1. The van der Waals surface area contributed by atoms with Crippen LogP contribution in [-0.2, 0) is 16.0 Å². The van der Waals surface area contributed by atoms with Gasteiger partial charge in [0.2, 0.25) is 5.91 Å². The quantitative estimate of drug-likeness (QED) is 0.752. The molecule has 2 aliphatic rings. The van der Waals surface area contributed by atoms with Crippen LogP contribution in [0.3, 0.4) is 0 Å². The van der Waals surface area contributed by atoms with Gasteiger partial charge < -0.3 is 19.7 Å². The monoisotopic (exact) mass is 435 g/mol. The Bertz CT molecular complexity index is 795. The minimum Gasteiger partial charge on any atom is -0.444 e. The molecule has 1 aromatic heterocycles. The predicted octanol–water partition coefficient (Wildman–Crippen LogP) is 3.27. The zero-order valence-electron chi connectivity index (χ0n) is 19.7. The van der Waals surface area contributed by atoms with Gasteiger partial charge in [-0.1, -0.05) is 24.9 Å². The maximum Gasteiger partial charge on any atom is 0.410 e. The van der Waals surface area contributed by atoms with Crippen LogP contribution in [-0.4, -0.2) is 57.5 Å². The third-order valence-corrected chi connectivity index (χ3v) is 6.79. The highest BCUT2D eigenvalue weighted by atomic mass is 16.6. The number of hydrogen-bond acceptors (Lipinski definition) is 6. The number of carbonyl (C=O) groups excluding carboxylic acids is 2. The number of nitrogens with zero attached hydrogens (tertiary/aromatic N) is 2. The van der Waals surface area contributed by atoms with E-state index in [0.717, 1.165) is 31.2 Å². The molecule has 2 heterocycles.